The molecule has 0 spiro atoms. The number of amides is 1. The van der Waals surface area contributed by atoms with Gasteiger partial charge in [0.1, 0.15) is 6.10 Å². The molecule has 1 amide bonds. The smallest absolute Gasteiger partial charge is 0.397 e. The van der Waals surface area contributed by atoms with Crippen molar-refractivity contribution in [2.45, 2.75) is 89.8 Å². The molecule has 1 aromatic carbocycles. The molecule has 1 unspecified atom stereocenters. The highest BCUT2D eigenvalue weighted by Gasteiger charge is 2.34. The van der Waals surface area contributed by atoms with Gasteiger partial charge in [-0.25, -0.2) is 0 Å². The Kier molecular flexibility index (Phi) is 10.6. The molecular formula is C30H38ClF3N2O3S. The fourth-order valence-corrected chi connectivity index (χ4v) is 7.07. The predicted molar refractivity (Wildman–Crippen MR) is 154 cm³/mol. The molecule has 2 aromatic rings. The van der Waals surface area contributed by atoms with Crippen LogP contribution in [0.5, 0.6) is 0 Å². The molecule has 0 radical (unpaired) electrons. The zero-order valence-electron chi connectivity index (χ0n) is 22.8. The molecule has 3 N–H and O–H groups in total. The standard InChI is InChI=1S/C30H38ClF3N2O3S/c1-18(37)27(15-21-13-24(30(32,33)34)28(35)25(31)14-21)39-12-2-3-19-4-6-20(7-5-19)8-9-22-10-11-23-16-40-17-26(23)36-29(22)38/h13-14,16-17,19-20,22,27H,2-12,15,35H2,1H3,(H,36,38)/t19?,20?,22?,27-/m1/s1. The lowest BCUT2D eigenvalue weighted by molar-refractivity contribution is -0.137. The Bertz CT molecular complexity index is 1180. The summed E-state index contributed by atoms with van der Waals surface area (Å²) in [6.07, 6.45) is 4.89. The molecule has 220 valence electrons. The van der Waals surface area contributed by atoms with E-state index >= 15 is 0 Å². The second kappa shape index (κ2) is 13.7. The van der Waals surface area contributed by atoms with Crippen LogP contribution in [0.15, 0.2) is 22.9 Å². The van der Waals surface area contributed by atoms with E-state index in [9.17, 15) is 22.8 Å². The van der Waals surface area contributed by atoms with Crippen LogP contribution in [0.25, 0.3) is 0 Å². The summed E-state index contributed by atoms with van der Waals surface area (Å²) in [5.74, 6) is 1.28. The predicted octanol–water partition coefficient (Wildman–Crippen LogP) is 8.09. The molecule has 2 heterocycles. The molecule has 1 aliphatic carbocycles. The van der Waals surface area contributed by atoms with Gasteiger partial charge >= 0.3 is 6.18 Å². The lowest BCUT2D eigenvalue weighted by Gasteiger charge is -2.29. The maximum atomic E-state index is 13.3. The van der Waals surface area contributed by atoms with Crippen molar-refractivity contribution in [2.75, 3.05) is 17.7 Å². The summed E-state index contributed by atoms with van der Waals surface area (Å²) >= 11 is 7.56. The zero-order chi connectivity index (χ0) is 28.9. The van der Waals surface area contributed by atoms with Crippen LogP contribution in [0, 0.1) is 17.8 Å². The number of anilines is 2. The van der Waals surface area contributed by atoms with Crippen molar-refractivity contribution in [3.8, 4) is 0 Å². The molecule has 0 bridgehead atoms. The number of nitrogen functional groups attached to an aromatic ring is 1. The molecule has 1 fully saturated rings. The lowest BCUT2D eigenvalue weighted by atomic mass is 9.77. The van der Waals surface area contributed by atoms with Crippen molar-refractivity contribution >= 4 is 46.0 Å². The molecular weight excluding hydrogens is 561 g/mol. The number of nitrogens with one attached hydrogen (secondary N) is 1. The Balaban J connectivity index is 1.16. The first-order valence-corrected chi connectivity index (χ1v) is 15.5. The first-order valence-electron chi connectivity index (χ1n) is 14.1. The second-order valence-electron chi connectivity index (χ2n) is 11.4. The minimum atomic E-state index is -4.63. The zero-order valence-corrected chi connectivity index (χ0v) is 24.4. The Hall–Kier alpha value is -2.10. The molecule has 40 heavy (non-hydrogen) atoms. The number of hydrogen-bond donors (Lipinski definition) is 2. The average molecular weight is 599 g/mol. The number of carbonyl (C=O) groups excluding carboxylic acids is 2. The topological polar surface area (TPSA) is 81.4 Å². The Morgan fingerprint density at radius 1 is 1.12 bits per heavy atom. The van der Waals surface area contributed by atoms with E-state index in [1.807, 2.05) is 5.38 Å². The number of alkyl halides is 3. The monoisotopic (exact) mass is 598 g/mol. The summed E-state index contributed by atoms with van der Waals surface area (Å²) in [6, 6.07) is 2.31. The summed E-state index contributed by atoms with van der Waals surface area (Å²) in [7, 11) is 0. The van der Waals surface area contributed by atoms with E-state index in [1.54, 1.807) is 11.3 Å². The molecule has 2 aliphatic rings. The number of ether oxygens (including phenoxy) is 1. The highest BCUT2D eigenvalue weighted by atomic mass is 35.5. The van der Waals surface area contributed by atoms with Crippen molar-refractivity contribution in [1.29, 1.82) is 0 Å². The van der Waals surface area contributed by atoms with Crippen molar-refractivity contribution in [1.82, 2.24) is 0 Å². The minimum absolute atomic E-state index is 0.0106. The van der Waals surface area contributed by atoms with Gasteiger partial charge in [-0.15, -0.1) is 11.3 Å². The molecule has 1 saturated carbocycles. The number of thiophene rings is 1. The molecule has 1 aromatic heterocycles. The van der Waals surface area contributed by atoms with Gasteiger partial charge in [-0.2, -0.15) is 13.2 Å². The molecule has 1 aliphatic heterocycles. The molecule has 10 heteroatoms. The molecule has 0 saturated heterocycles. The number of hydrogen-bond acceptors (Lipinski definition) is 5. The number of benzene rings is 1. The fourth-order valence-electron chi connectivity index (χ4n) is 6.00. The molecule has 5 nitrogen and oxygen atoms in total. The van der Waals surface area contributed by atoms with E-state index in [0.717, 1.165) is 63.1 Å². The van der Waals surface area contributed by atoms with Crippen molar-refractivity contribution in [2.24, 2.45) is 17.8 Å². The maximum Gasteiger partial charge on any atom is 0.418 e. The van der Waals surface area contributed by atoms with E-state index in [0.29, 0.717) is 18.4 Å². The lowest BCUT2D eigenvalue weighted by Crippen LogP contribution is -2.26. The van der Waals surface area contributed by atoms with Gasteiger partial charge in [0, 0.05) is 24.3 Å². The van der Waals surface area contributed by atoms with Crippen LogP contribution < -0.4 is 11.1 Å². The van der Waals surface area contributed by atoms with Gasteiger partial charge in [0.2, 0.25) is 5.91 Å². The Morgan fingerprint density at radius 2 is 1.82 bits per heavy atom. The Morgan fingerprint density at radius 3 is 2.50 bits per heavy atom. The van der Waals surface area contributed by atoms with Gasteiger partial charge in [-0.1, -0.05) is 37.3 Å². The van der Waals surface area contributed by atoms with Crippen LogP contribution >= 0.6 is 22.9 Å². The largest absolute Gasteiger partial charge is 0.418 e. The number of halogens is 4. The third-order valence-corrected chi connectivity index (χ3v) is 9.57. The summed E-state index contributed by atoms with van der Waals surface area (Å²) in [5, 5.41) is 7.07. The minimum Gasteiger partial charge on any atom is -0.397 e. The van der Waals surface area contributed by atoms with Crippen LogP contribution in [0.1, 0.15) is 81.4 Å². The second-order valence-corrected chi connectivity index (χ2v) is 12.5. The Labute approximate surface area is 243 Å². The number of ketones is 1. The summed E-state index contributed by atoms with van der Waals surface area (Å²) in [6.45, 7) is 1.76. The van der Waals surface area contributed by atoms with Gasteiger partial charge < -0.3 is 15.8 Å². The van der Waals surface area contributed by atoms with E-state index in [1.165, 1.54) is 31.4 Å². The van der Waals surface area contributed by atoms with Crippen molar-refractivity contribution in [3.05, 3.63) is 44.6 Å². The third kappa shape index (κ3) is 8.23. The number of nitrogens with two attached hydrogens (primary N) is 1. The van der Waals surface area contributed by atoms with E-state index in [2.05, 4.69) is 10.7 Å². The summed E-state index contributed by atoms with van der Waals surface area (Å²) < 4.78 is 45.7. The number of aryl methyl sites for hydroxylation is 1. The maximum absolute atomic E-state index is 13.3. The van der Waals surface area contributed by atoms with Gasteiger partial charge in [0.15, 0.2) is 5.78 Å². The SMILES string of the molecule is CC(=O)[C@@H](Cc1cc(Cl)c(N)c(C(F)(F)F)c1)OCCCC1CCC(CCC2CCc3cscc3NC2=O)CC1. The first kappa shape index (κ1) is 30.8. The van der Waals surface area contributed by atoms with Gasteiger partial charge in [-0.3, -0.25) is 9.59 Å². The third-order valence-electron chi connectivity index (χ3n) is 8.47. The van der Waals surface area contributed by atoms with Crippen molar-refractivity contribution in [3.63, 3.8) is 0 Å². The number of fused-ring (bicyclic) bond motifs is 1. The van der Waals surface area contributed by atoms with E-state index in [4.69, 9.17) is 22.1 Å². The first-order chi connectivity index (χ1) is 19.0. The summed E-state index contributed by atoms with van der Waals surface area (Å²) in [4.78, 5) is 24.8. The van der Waals surface area contributed by atoms with Crippen LogP contribution in [-0.4, -0.2) is 24.4 Å². The highest BCUT2D eigenvalue weighted by molar-refractivity contribution is 7.08. The van der Waals surface area contributed by atoms with Gasteiger partial charge in [0.25, 0.3) is 0 Å². The average Bonchev–Trinajstić information content (AvgIpc) is 3.28. The number of Topliss-reactive ketones (excluding diaryl/α,β-unsaturated/α-hetero) is 1. The van der Waals surface area contributed by atoms with E-state index in [-0.39, 0.29) is 34.6 Å². The fraction of sp³-hybridized carbons (Fsp3) is 0.600. The highest BCUT2D eigenvalue weighted by Crippen LogP contribution is 2.39. The molecule has 4 rings (SSSR count). The van der Waals surface area contributed by atoms with Crippen molar-refractivity contribution < 1.29 is 27.5 Å². The number of carbonyl (C=O) groups is 2. The van der Waals surface area contributed by atoms with E-state index < -0.39 is 23.5 Å². The number of rotatable bonds is 11. The summed E-state index contributed by atoms with van der Waals surface area (Å²) in [5.41, 5.74) is 6.51. The van der Waals surface area contributed by atoms with Gasteiger partial charge in [-0.05, 0) is 85.9 Å². The van der Waals surface area contributed by atoms with Crippen LogP contribution in [0.4, 0.5) is 24.5 Å². The quantitative estimate of drug-likeness (QED) is 0.202. The van der Waals surface area contributed by atoms with Crippen LogP contribution in [-0.2, 0) is 33.3 Å². The van der Waals surface area contributed by atoms with Gasteiger partial charge in [0.05, 0.1) is 22.0 Å². The molecule has 2 atom stereocenters. The normalized spacial score (nSPS) is 22.3. The van der Waals surface area contributed by atoms with Crippen LogP contribution in [0.3, 0.4) is 0 Å². The van der Waals surface area contributed by atoms with Crippen LogP contribution in [0.2, 0.25) is 5.02 Å².